The predicted octanol–water partition coefficient (Wildman–Crippen LogP) is 3.79. The van der Waals surface area contributed by atoms with E-state index in [0.717, 1.165) is 19.5 Å². The van der Waals surface area contributed by atoms with E-state index in [9.17, 15) is 0 Å². The average molecular weight is 270 g/mol. The second-order valence-corrected chi connectivity index (χ2v) is 6.76. The van der Waals surface area contributed by atoms with Gasteiger partial charge in [-0.3, -0.25) is 5.84 Å². The Morgan fingerprint density at radius 2 is 2.22 bits per heavy atom. The van der Waals surface area contributed by atoms with Crippen molar-refractivity contribution in [3.05, 3.63) is 12.7 Å². The van der Waals surface area contributed by atoms with Crippen LogP contribution in [0, 0.1) is 5.92 Å². The average Bonchev–Trinajstić information content (AvgIpc) is 2.35. The quantitative estimate of drug-likeness (QED) is 0.231. The van der Waals surface area contributed by atoms with Crippen molar-refractivity contribution in [3.63, 3.8) is 0 Å². The molecule has 106 valence electrons. The molecule has 1 saturated carbocycles. The summed E-state index contributed by atoms with van der Waals surface area (Å²) in [5.74, 6) is 6.56. The van der Waals surface area contributed by atoms with Gasteiger partial charge in [-0.1, -0.05) is 25.8 Å². The fourth-order valence-corrected chi connectivity index (χ4v) is 3.53. The van der Waals surface area contributed by atoms with E-state index in [1.807, 2.05) is 5.01 Å². The second kappa shape index (κ2) is 8.23. The van der Waals surface area contributed by atoms with Crippen molar-refractivity contribution in [1.29, 1.82) is 0 Å². The Kier molecular flexibility index (Phi) is 7.35. The van der Waals surface area contributed by atoms with Crippen LogP contribution in [0.4, 0.5) is 0 Å². The van der Waals surface area contributed by atoms with Crippen LogP contribution in [0.15, 0.2) is 12.7 Å². The summed E-state index contributed by atoms with van der Waals surface area (Å²) in [5, 5.41) is 1.94. The minimum Gasteiger partial charge on any atom is -0.269 e. The van der Waals surface area contributed by atoms with Gasteiger partial charge in [0, 0.05) is 17.8 Å². The highest BCUT2D eigenvalue weighted by Crippen LogP contribution is 2.40. The van der Waals surface area contributed by atoms with Crippen molar-refractivity contribution in [1.82, 2.24) is 5.01 Å². The van der Waals surface area contributed by atoms with Crippen molar-refractivity contribution in [2.45, 2.75) is 63.0 Å². The molecular weight excluding hydrogens is 240 g/mol. The maximum atomic E-state index is 5.88. The predicted molar refractivity (Wildman–Crippen MR) is 83.8 cm³/mol. The fraction of sp³-hybridized carbons (Fsp3) is 0.867. The van der Waals surface area contributed by atoms with E-state index in [-0.39, 0.29) is 4.75 Å². The summed E-state index contributed by atoms with van der Waals surface area (Å²) >= 11 is 4.94. The van der Waals surface area contributed by atoms with E-state index in [1.54, 1.807) is 0 Å². The smallest absolute Gasteiger partial charge is 0.0135 e. The van der Waals surface area contributed by atoms with Gasteiger partial charge in [-0.05, 0) is 44.4 Å². The molecule has 0 aromatic rings. The SMILES string of the molecule is C=CC1CCCC(S)(CCCCN(N)CCC)C1. The highest BCUT2D eigenvalue weighted by Gasteiger charge is 2.31. The van der Waals surface area contributed by atoms with Gasteiger partial charge in [0.1, 0.15) is 0 Å². The van der Waals surface area contributed by atoms with Crippen molar-refractivity contribution < 1.29 is 0 Å². The van der Waals surface area contributed by atoms with Crippen LogP contribution in [0.3, 0.4) is 0 Å². The molecule has 0 radical (unpaired) electrons. The molecule has 0 saturated heterocycles. The fourth-order valence-electron chi connectivity index (χ4n) is 2.98. The standard InChI is InChI=1S/C15H30N2S/c1-3-11-17(16)12-6-5-9-15(18)10-7-8-14(4-2)13-15/h4,14,18H,2-3,5-13,16H2,1H3. The lowest BCUT2D eigenvalue weighted by Gasteiger charge is -2.36. The number of unbranched alkanes of at least 4 members (excludes halogenated alkanes) is 1. The highest BCUT2D eigenvalue weighted by molar-refractivity contribution is 7.81. The van der Waals surface area contributed by atoms with E-state index >= 15 is 0 Å². The number of nitrogens with zero attached hydrogens (tertiary/aromatic N) is 1. The molecule has 18 heavy (non-hydrogen) atoms. The maximum absolute atomic E-state index is 5.88. The molecule has 0 aromatic heterocycles. The molecule has 1 aliphatic carbocycles. The lowest BCUT2D eigenvalue weighted by Crippen LogP contribution is -2.33. The summed E-state index contributed by atoms with van der Waals surface area (Å²) < 4.78 is 0.251. The van der Waals surface area contributed by atoms with Crippen molar-refractivity contribution in [3.8, 4) is 0 Å². The van der Waals surface area contributed by atoms with Gasteiger partial charge in [-0.2, -0.15) is 12.6 Å². The third-order valence-corrected chi connectivity index (χ3v) is 4.67. The summed E-state index contributed by atoms with van der Waals surface area (Å²) in [4.78, 5) is 0. The summed E-state index contributed by atoms with van der Waals surface area (Å²) in [7, 11) is 0. The Morgan fingerprint density at radius 1 is 1.44 bits per heavy atom. The van der Waals surface area contributed by atoms with E-state index in [2.05, 4.69) is 19.6 Å². The zero-order valence-corrected chi connectivity index (χ0v) is 12.8. The molecule has 2 N–H and O–H groups in total. The summed E-state index contributed by atoms with van der Waals surface area (Å²) in [6.07, 6.45) is 12.0. The van der Waals surface area contributed by atoms with Gasteiger partial charge in [0.2, 0.25) is 0 Å². The molecule has 0 heterocycles. The van der Waals surface area contributed by atoms with Crippen LogP contribution in [-0.4, -0.2) is 22.8 Å². The molecule has 0 spiro atoms. The van der Waals surface area contributed by atoms with Gasteiger partial charge in [0.25, 0.3) is 0 Å². The first kappa shape index (κ1) is 16.1. The van der Waals surface area contributed by atoms with Crippen LogP contribution in [0.1, 0.15) is 58.3 Å². The maximum Gasteiger partial charge on any atom is 0.0135 e. The largest absolute Gasteiger partial charge is 0.269 e. The Bertz CT molecular complexity index is 245. The molecule has 0 aromatic carbocycles. The zero-order chi connectivity index (χ0) is 13.4. The molecule has 0 bridgehead atoms. The number of hydrogen-bond acceptors (Lipinski definition) is 3. The van der Waals surface area contributed by atoms with Gasteiger partial charge in [-0.15, -0.1) is 6.58 Å². The van der Waals surface area contributed by atoms with E-state index in [0.29, 0.717) is 5.92 Å². The molecule has 2 unspecified atom stereocenters. The van der Waals surface area contributed by atoms with Gasteiger partial charge in [0.05, 0.1) is 0 Å². The Hall–Kier alpha value is 0.01000. The first-order valence-electron chi connectivity index (χ1n) is 7.44. The minimum absolute atomic E-state index is 0.251. The van der Waals surface area contributed by atoms with Crippen LogP contribution in [-0.2, 0) is 0 Å². The number of thiol groups is 1. The van der Waals surface area contributed by atoms with Crippen LogP contribution >= 0.6 is 12.6 Å². The molecule has 1 aliphatic rings. The number of rotatable bonds is 8. The molecule has 1 fully saturated rings. The molecular formula is C15H30N2S. The number of hydrazine groups is 1. The molecule has 3 heteroatoms. The molecule has 0 aliphatic heterocycles. The Balaban J connectivity index is 2.19. The van der Waals surface area contributed by atoms with Gasteiger partial charge >= 0.3 is 0 Å². The van der Waals surface area contributed by atoms with Gasteiger partial charge < -0.3 is 0 Å². The van der Waals surface area contributed by atoms with Crippen LogP contribution in [0.2, 0.25) is 0 Å². The lowest BCUT2D eigenvalue weighted by atomic mass is 9.78. The number of nitrogens with two attached hydrogens (primary N) is 1. The van der Waals surface area contributed by atoms with Gasteiger partial charge in [0.15, 0.2) is 0 Å². The monoisotopic (exact) mass is 270 g/mol. The second-order valence-electron chi connectivity index (χ2n) is 5.81. The highest BCUT2D eigenvalue weighted by atomic mass is 32.1. The van der Waals surface area contributed by atoms with Crippen LogP contribution < -0.4 is 5.84 Å². The van der Waals surface area contributed by atoms with Gasteiger partial charge in [-0.25, -0.2) is 5.01 Å². The molecule has 2 atom stereocenters. The summed E-state index contributed by atoms with van der Waals surface area (Å²) in [6, 6.07) is 0. The normalized spacial score (nSPS) is 28.6. The van der Waals surface area contributed by atoms with Crippen molar-refractivity contribution in [2.75, 3.05) is 13.1 Å². The minimum atomic E-state index is 0.251. The molecule has 0 amide bonds. The van der Waals surface area contributed by atoms with E-state index in [1.165, 1.54) is 44.9 Å². The third-order valence-electron chi connectivity index (χ3n) is 4.04. The van der Waals surface area contributed by atoms with Crippen molar-refractivity contribution in [2.24, 2.45) is 11.8 Å². The topological polar surface area (TPSA) is 29.3 Å². The Labute approximate surface area is 118 Å². The third kappa shape index (κ3) is 5.77. The summed E-state index contributed by atoms with van der Waals surface area (Å²) in [5.41, 5.74) is 0. The first-order chi connectivity index (χ1) is 8.59. The molecule has 2 nitrogen and oxygen atoms in total. The zero-order valence-electron chi connectivity index (χ0n) is 11.9. The number of hydrogen-bond donors (Lipinski definition) is 2. The summed E-state index contributed by atoms with van der Waals surface area (Å²) in [6.45, 7) is 8.12. The first-order valence-corrected chi connectivity index (χ1v) is 7.89. The van der Waals surface area contributed by atoms with Crippen LogP contribution in [0.25, 0.3) is 0 Å². The van der Waals surface area contributed by atoms with E-state index in [4.69, 9.17) is 18.5 Å². The Morgan fingerprint density at radius 3 is 2.89 bits per heavy atom. The van der Waals surface area contributed by atoms with E-state index < -0.39 is 0 Å². The molecule has 1 rings (SSSR count). The van der Waals surface area contributed by atoms with Crippen LogP contribution in [0.5, 0.6) is 0 Å². The lowest BCUT2D eigenvalue weighted by molar-refractivity contribution is 0.266. The van der Waals surface area contributed by atoms with Crippen molar-refractivity contribution >= 4 is 12.6 Å². The number of allylic oxidation sites excluding steroid dienone is 1.